The number of carbonyl (C=O) groups excluding carboxylic acids is 1. The zero-order valence-electron chi connectivity index (χ0n) is 14.2. The molecular weight excluding hydrogens is 304 g/mol. The minimum Gasteiger partial charge on any atom is -0.492 e. The van der Waals surface area contributed by atoms with E-state index in [1.807, 2.05) is 17.0 Å². The zero-order chi connectivity index (χ0) is 16.4. The molecule has 1 atom stereocenters. The van der Waals surface area contributed by atoms with Crippen LogP contribution in [0, 0.1) is 11.8 Å². The summed E-state index contributed by atoms with van der Waals surface area (Å²) in [6.45, 7) is 3.12. The number of carbonyl (C=O) groups is 1. The minimum absolute atomic E-state index is 0.0728. The Bertz CT molecular complexity index is 567. The summed E-state index contributed by atoms with van der Waals surface area (Å²) in [7, 11) is 0. The smallest absolute Gasteiger partial charge is 0.225 e. The average Bonchev–Trinajstić information content (AvgIpc) is 2.52. The van der Waals surface area contributed by atoms with E-state index in [0.29, 0.717) is 17.7 Å². The van der Waals surface area contributed by atoms with Crippen molar-refractivity contribution in [2.75, 3.05) is 26.3 Å². The Morgan fingerprint density at radius 3 is 2.96 bits per heavy atom. The van der Waals surface area contributed by atoms with Gasteiger partial charge in [0, 0.05) is 18.7 Å². The lowest BCUT2D eigenvalue weighted by atomic mass is 9.77. The summed E-state index contributed by atoms with van der Waals surface area (Å²) in [4.78, 5) is 18.4. The quantitative estimate of drug-likeness (QED) is 0.833. The number of hydrogen-bond acceptors (Lipinski definition) is 4. The Labute approximate surface area is 143 Å². The first-order valence-corrected chi connectivity index (χ1v) is 9.20. The molecule has 1 aromatic rings. The van der Waals surface area contributed by atoms with Gasteiger partial charge < -0.3 is 14.4 Å². The summed E-state index contributed by atoms with van der Waals surface area (Å²) < 4.78 is 11.8. The summed E-state index contributed by atoms with van der Waals surface area (Å²) in [5, 5.41) is 0. The summed E-state index contributed by atoms with van der Waals surface area (Å²) >= 11 is 0. The summed E-state index contributed by atoms with van der Waals surface area (Å²) in [6, 6.07) is 3.83. The lowest BCUT2D eigenvalue weighted by Gasteiger charge is -2.54. The highest BCUT2D eigenvalue weighted by molar-refractivity contribution is 5.80. The van der Waals surface area contributed by atoms with Gasteiger partial charge in [-0.15, -0.1) is 0 Å². The van der Waals surface area contributed by atoms with Crippen molar-refractivity contribution in [3.63, 3.8) is 0 Å². The summed E-state index contributed by atoms with van der Waals surface area (Å²) in [5.41, 5.74) is -0.0728. The van der Waals surface area contributed by atoms with Gasteiger partial charge in [0.2, 0.25) is 5.91 Å². The van der Waals surface area contributed by atoms with Crippen molar-refractivity contribution in [1.29, 1.82) is 0 Å². The molecular formula is C19H26N2O3. The first-order valence-electron chi connectivity index (χ1n) is 9.20. The van der Waals surface area contributed by atoms with Crippen molar-refractivity contribution in [2.24, 2.45) is 11.8 Å². The molecule has 0 N–H and O–H groups in total. The van der Waals surface area contributed by atoms with Crippen molar-refractivity contribution in [3.05, 3.63) is 24.5 Å². The highest BCUT2D eigenvalue weighted by Crippen LogP contribution is 2.40. The van der Waals surface area contributed by atoms with Crippen LogP contribution in [0.1, 0.15) is 38.5 Å². The van der Waals surface area contributed by atoms with E-state index in [2.05, 4.69) is 4.98 Å². The largest absolute Gasteiger partial charge is 0.492 e. The van der Waals surface area contributed by atoms with E-state index < -0.39 is 0 Å². The molecule has 1 aromatic heterocycles. The molecule has 1 amide bonds. The number of rotatable bonds is 5. The van der Waals surface area contributed by atoms with Gasteiger partial charge in [0.1, 0.15) is 11.4 Å². The van der Waals surface area contributed by atoms with Crippen molar-refractivity contribution in [2.45, 2.75) is 44.1 Å². The molecule has 0 bridgehead atoms. The molecule has 1 saturated carbocycles. The van der Waals surface area contributed by atoms with E-state index in [1.54, 1.807) is 12.4 Å². The second-order valence-electron chi connectivity index (χ2n) is 7.54. The van der Waals surface area contributed by atoms with Gasteiger partial charge in [-0.1, -0.05) is 6.42 Å². The van der Waals surface area contributed by atoms with Gasteiger partial charge in [-0.25, -0.2) is 0 Å². The standard InChI is InChI=1S/C19H26N2O3/c22-18(16-3-1-4-16)21-13-19(14-21)11-15(7-10-24-19)6-9-23-17-5-2-8-20-12-17/h2,5,8,12,15-16H,1,3-4,6-7,9-11,13-14H2/t15-/m0/s1. The maximum Gasteiger partial charge on any atom is 0.225 e. The van der Waals surface area contributed by atoms with E-state index in [9.17, 15) is 4.79 Å². The van der Waals surface area contributed by atoms with Crippen LogP contribution in [0.4, 0.5) is 0 Å². The number of ether oxygens (including phenoxy) is 2. The Hall–Kier alpha value is -1.62. The second-order valence-corrected chi connectivity index (χ2v) is 7.54. The molecule has 5 nitrogen and oxygen atoms in total. The third-order valence-electron chi connectivity index (χ3n) is 5.75. The van der Waals surface area contributed by atoms with Crippen LogP contribution in [0.15, 0.2) is 24.5 Å². The topological polar surface area (TPSA) is 51.7 Å². The molecule has 0 aromatic carbocycles. The van der Waals surface area contributed by atoms with Crippen LogP contribution in [-0.2, 0) is 9.53 Å². The third kappa shape index (κ3) is 3.27. The molecule has 0 radical (unpaired) electrons. The Morgan fingerprint density at radius 1 is 1.38 bits per heavy atom. The van der Waals surface area contributed by atoms with Gasteiger partial charge in [0.15, 0.2) is 0 Å². The Balaban J connectivity index is 1.22. The molecule has 5 heteroatoms. The molecule has 0 unspecified atom stereocenters. The van der Waals surface area contributed by atoms with E-state index in [0.717, 1.165) is 64.2 Å². The van der Waals surface area contributed by atoms with E-state index in [1.165, 1.54) is 6.42 Å². The number of amides is 1. The maximum atomic E-state index is 12.3. The second kappa shape index (κ2) is 6.71. The number of hydrogen-bond donors (Lipinski definition) is 0. The SMILES string of the molecule is O=C(C1CCC1)N1CC2(C[C@@H](CCOc3cccnc3)CCO2)C1. The maximum absolute atomic E-state index is 12.3. The monoisotopic (exact) mass is 330 g/mol. The summed E-state index contributed by atoms with van der Waals surface area (Å²) in [6.07, 6.45) is 10.1. The molecule has 3 aliphatic rings. The van der Waals surface area contributed by atoms with Gasteiger partial charge in [-0.05, 0) is 50.2 Å². The number of pyridine rings is 1. The molecule has 4 rings (SSSR count). The number of nitrogens with zero attached hydrogens (tertiary/aromatic N) is 2. The zero-order valence-corrected chi connectivity index (χ0v) is 14.2. The van der Waals surface area contributed by atoms with Crippen molar-refractivity contribution >= 4 is 5.91 Å². The molecule has 130 valence electrons. The molecule has 3 heterocycles. The Kier molecular flexibility index (Phi) is 4.44. The molecule has 1 aliphatic carbocycles. The lowest BCUT2D eigenvalue weighted by molar-refractivity contribution is -0.193. The highest BCUT2D eigenvalue weighted by atomic mass is 16.5. The Morgan fingerprint density at radius 2 is 2.25 bits per heavy atom. The van der Waals surface area contributed by atoms with Crippen LogP contribution in [-0.4, -0.2) is 47.7 Å². The van der Waals surface area contributed by atoms with E-state index >= 15 is 0 Å². The van der Waals surface area contributed by atoms with Gasteiger partial charge in [-0.3, -0.25) is 9.78 Å². The van der Waals surface area contributed by atoms with Crippen LogP contribution < -0.4 is 4.74 Å². The molecule has 24 heavy (non-hydrogen) atoms. The minimum atomic E-state index is -0.0728. The van der Waals surface area contributed by atoms with E-state index in [-0.39, 0.29) is 5.60 Å². The van der Waals surface area contributed by atoms with Crippen LogP contribution >= 0.6 is 0 Å². The van der Waals surface area contributed by atoms with Gasteiger partial charge in [0.05, 0.1) is 25.9 Å². The van der Waals surface area contributed by atoms with Gasteiger partial charge in [0.25, 0.3) is 0 Å². The lowest BCUT2D eigenvalue weighted by Crippen LogP contribution is -2.67. The van der Waals surface area contributed by atoms with Crippen LogP contribution in [0.2, 0.25) is 0 Å². The number of aromatic nitrogens is 1. The molecule has 2 saturated heterocycles. The van der Waals surface area contributed by atoms with Crippen molar-refractivity contribution in [1.82, 2.24) is 9.88 Å². The van der Waals surface area contributed by atoms with Crippen LogP contribution in [0.3, 0.4) is 0 Å². The summed E-state index contributed by atoms with van der Waals surface area (Å²) in [5.74, 6) is 2.11. The highest BCUT2D eigenvalue weighted by Gasteiger charge is 2.50. The molecule has 1 spiro atoms. The van der Waals surface area contributed by atoms with Gasteiger partial charge >= 0.3 is 0 Å². The fraction of sp³-hybridized carbons (Fsp3) is 0.684. The van der Waals surface area contributed by atoms with Crippen molar-refractivity contribution < 1.29 is 14.3 Å². The fourth-order valence-electron chi connectivity index (χ4n) is 4.09. The predicted octanol–water partition coefficient (Wildman–Crippen LogP) is 2.66. The average molecular weight is 330 g/mol. The van der Waals surface area contributed by atoms with Crippen LogP contribution in [0.5, 0.6) is 5.75 Å². The van der Waals surface area contributed by atoms with E-state index in [4.69, 9.17) is 9.47 Å². The molecule has 3 fully saturated rings. The normalized spacial score (nSPS) is 25.8. The predicted molar refractivity (Wildman–Crippen MR) is 89.7 cm³/mol. The third-order valence-corrected chi connectivity index (χ3v) is 5.75. The number of likely N-dealkylation sites (tertiary alicyclic amines) is 1. The molecule has 2 aliphatic heterocycles. The first kappa shape index (κ1) is 15.9. The van der Waals surface area contributed by atoms with Gasteiger partial charge in [-0.2, -0.15) is 0 Å². The first-order chi connectivity index (χ1) is 11.7. The fourth-order valence-corrected chi connectivity index (χ4v) is 4.09. The van der Waals surface area contributed by atoms with Crippen molar-refractivity contribution in [3.8, 4) is 5.75 Å². The van der Waals surface area contributed by atoms with Crippen LogP contribution in [0.25, 0.3) is 0 Å².